The van der Waals surface area contributed by atoms with Crippen LogP contribution in [0.25, 0.3) is 0 Å². The minimum atomic E-state index is -1.28. The molecule has 5 N–H and O–H groups in total. The van der Waals surface area contributed by atoms with Crippen molar-refractivity contribution in [2.24, 2.45) is 5.73 Å². The fourth-order valence-electron chi connectivity index (χ4n) is 2.45. The van der Waals surface area contributed by atoms with Crippen molar-refractivity contribution in [2.45, 2.75) is 25.1 Å². The average molecular weight is 385 g/mol. The maximum Gasteiger partial charge on any atom is 0.408 e. The van der Waals surface area contributed by atoms with Gasteiger partial charge in [0.25, 0.3) is 0 Å². The standard InChI is InChI=1S/C20H23N3O5/c21-18(25)16(11-14-7-3-1-4-8-14)22-19(26)17(12-24)23-20(27)28-13-15-9-5-2-6-10-15/h1-10,16-17,24H,11-13H2,(H2,21,25)(H,22,26)(H,23,27). The van der Waals surface area contributed by atoms with Crippen LogP contribution >= 0.6 is 0 Å². The highest BCUT2D eigenvalue weighted by Crippen LogP contribution is 2.04. The van der Waals surface area contributed by atoms with E-state index in [0.29, 0.717) is 0 Å². The van der Waals surface area contributed by atoms with E-state index in [1.165, 1.54) is 0 Å². The number of nitrogens with two attached hydrogens (primary N) is 1. The number of amides is 3. The summed E-state index contributed by atoms with van der Waals surface area (Å²) in [6.45, 7) is -0.645. The van der Waals surface area contributed by atoms with Crippen LogP contribution in [0.3, 0.4) is 0 Å². The second-order valence-electron chi connectivity index (χ2n) is 6.09. The number of carbonyl (C=O) groups excluding carboxylic acids is 3. The largest absolute Gasteiger partial charge is 0.445 e. The Labute approximate surface area is 162 Å². The number of benzene rings is 2. The van der Waals surface area contributed by atoms with Gasteiger partial charge in [-0.05, 0) is 11.1 Å². The van der Waals surface area contributed by atoms with E-state index in [1.54, 1.807) is 48.5 Å². The van der Waals surface area contributed by atoms with Crippen molar-refractivity contribution < 1.29 is 24.2 Å². The van der Waals surface area contributed by atoms with Gasteiger partial charge < -0.3 is 26.2 Å². The maximum absolute atomic E-state index is 12.3. The molecule has 8 nitrogen and oxygen atoms in total. The van der Waals surface area contributed by atoms with E-state index in [2.05, 4.69) is 10.6 Å². The molecule has 0 spiro atoms. The predicted octanol–water partition coefficient (Wildman–Crippen LogP) is 0.486. The molecule has 0 aliphatic heterocycles. The van der Waals surface area contributed by atoms with E-state index >= 15 is 0 Å². The van der Waals surface area contributed by atoms with Crippen molar-refractivity contribution in [1.29, 1.82) is 0 Å². The summed E-state index contributed by atoms with van der Waals surface area (Å²) >= 11 is 0. The quantitative estimate of drug-likeness (QED) is 0.499. The van der Waals surface area contributed by atoms with Crippen molar-refractivity contribution in [1.82, 2.24) is 10.6 Å². The number of hydrogen-bond donors (Lipinski definition) is 4. The Kier molecular flexibility index (Phi) is 7.98. The molecule has 0 aliphatic rings. The second kappa shape index (κ2) is 10.7. The Balaban J connectivity index is 1.89. The van der Waals surface area contributed by atoms with Gasteiger partial charge in [0.15, 0.2) is 0 Å². The lowest BCUT2D eigenvalue weighted by Gasteiger charge is -2.20. The van der Waals surface area contributed by atoms with E-state index in [0.717, 1.165) is 11.1 Å². The van der Waals surface area contributed by atoms with Crippen LogP contribution in [0.15, 0.2) is 60.7 Å². The molecule has 28 heavy (non-hydrogen) atoms. The molecule has 2 aromatic rings. The van der Waals surface area contributed by atoms with Crippen molar-refractivity contribution >= 4 is 17.9 Å². The first-order chi connectivity index (χ1) is 13.5. The van der Waals surface area contributed by atoms with E-state index in [4.69, 9.17) is 10.5 Å². The zero-order chi connectivity index (χ0) is 20.4. The molecule has 2 aromatic carbocycles. The lowest BCUT2D eigenvalue weighted by atomic mass is 10.1. The number of alkyl carbamates (subject to hydrolysis) is 1. The van der Waals surface area contributed by atoms with Crippen LogP contribution in [-0.4, -0.2) is 41.7 Å². The van der Waals surface area contributed by atoms with Crippen LogP contribution in [0, 0.1) is 0 Å². The summed E-state index contributed by atoms with van der Waals surface area (Å²) in [4.78, 5) is 35.9. The number of primary amides is 1. The Morgan fingerprint density at radius 3 is 2.00 bits per heavy atom. The van der Waals surface area contributed by atoms with Crippen molar-refractivity contribution in [2.75, 3.05) is 6.61 Å². The van der Waals surface area contributed by atoms with E-state index < -0.39 is 36.6 Å². The number of carbonyl (C=O) groups is 3. The molecule has 148 valence electrons. The maximum atomic E-state index is 12.3. The summed E-state index contributed by atoms with van der Waals surface area (Å²) in [5.74, 6) is -1.46. The summed E-state index contributed by atoms with van der Waals surface area (Å²) in [5, 5.41) is 14.1. The number of rotatable bonds is 9. The molecule has 3 amide bonds. The Hall–Kier alpha value is -3.39. The number of nitrogens with one attached hydrogen (secondary N) is 2. The number of aliphatic hydroxyl groups excluding tert-OH is 1. The summed E-state index contributed by atoms with van der Waals surface area (Å²) in [7, 11) is 0. The van der Waals surface area contributed by atoms with Crippen LogP contribution in [0.4, 0.5) is 4.79 Å². The lowest BCUT2D eigenvalue weighted by Crippen LogP contribution is -2.54. The van der Waals surface area contributed by atoms with E-state index in [-0.39, 0.29) is 13.0 Å². The third kappa shape index (κ3) is 6.73. The normalized spacial score (nSPS) is 12.5. The molecule has 0 heterocycles. The number of aliphatic hydroxyl groups is 1. The summed E-state index contributed by atoms with van der Waals surface area (Å²) in [6.07, 6.45) is -0.671. The zero-order valence-corrected chi connectivity index (χ0v) is 15.2. The van der Waals surface area contributed by atoms with Gasteiger partial charge >= 0.3 is 6.09 Å². The molecule has 0 saturated carbocycles. The molecule has 0 fully saturated rings. The van der Waals surface area contributed by atoms with E-state index in [9.17, 15) is 19.5 Å². The molecule has 2 unspecified atom stereocenters. The fourth-order valence-corrected chi connectivity index (χ4v) is 2.45. The molecular weight excluding hydrogens is 362 g/mol. The van der Waals surface area contributed by atoms with Crippen LogP contribution < -0.4 is 16.4 Å². The molecule has 0 radical (unpaired) electrons. The summed E-state index contributed by atoms with van der Waals surface area (Å²) in [6, 6.07) is 15.8. The molecule has 2 atom stereocenters. The Morgan fingerprint density at radius 2 is 1.46 bits per heavy atom. The van der Waals surface area contributed by atoms with Gasteiger partial charge in [-0.25, -0.2) is 4.79 Å². The Bertz CT molecular complexity index is 783. The Morgan fingerprint density at radius 1 is 0.893 bits per heavy atom. The minimum absolute atomic E-state index is 0.0182. The molecule has 0 aliphatic carbocycles. The van der Waals surface area contributed by atoms with Crippen LogP contribution in [-0.2, 0) is 27.4 Å². The minimum Gasteiger partial charge on any atom is -0.445 e. The van der Waals surface area contributed by atoms with Crippen LogP contribution in [0.5, 0.6) is 0 Å². The highest BCUT2D eigenvalue weighted by molar-refractivity contribution is 5.90. The first-order valence-electron chi connectivity index (χ1n) is 8.71. The topological polar surface area (TPSA) is 131 Å². The monoisotopic (exact) mass is 385 g/mol. The van der Waals surface area contributed by atoms with Gasteiger partial charge in [0.05, 0.1) is 6.61 Å². The van der Waals surface area contributed by atoms with Gasteiger partial charge in [-0.15, -0.1) is 0 Å². The first-order valence-corrected chi connectivity index (χ1v) is 8.71. The summed E-state index contributed by atoms with van der Waals surface area (Å²) in [5.41, 5.74) is 6.94. The molecule has 8 heteroatoms. The second-order valence-corrected chi connectivity index (χ2v) is 6.09. The zero-order valence-electron chi connectivity index (χ0n) is 15.2. The molecule has 0 bridgehead atoms. The molecule has 0 saturated heterocycles. The lowest BCUT2D eigenvalue weighted by molar-refractivity contribution is -0.129. The molecule has 2 rings (SSSR count). The molecular formula is C20H23N3O5. The fraction of sp³-hybridized carbons (Fsp3) is 0.250. The van der Waals surface area contributed by atoms with Crippen molar-refractivity contribution in [3.8, 4) is 0 Å². The molecule has 0 aromatic heterocycles. The highest BCUT2D eigenvalue weighted by atomic mass is 16.5. The smallest absolute Gasteiger partial charge is 0.408 e. The first kappa shape index (κ1) is 20.9. The summed E-state index contributed by atoms with van der Waals surface area (Å²) < 4.78 is 5.03. The van der Waals surface area contributed by atoms with Crippen LogP contribution in [0.2, 0.25) is 0 Å². The van der Waals surface area contributed by atoms with Gasteiger partial charge in [0.2, 0.25) is 11.8 Å². The van der Waals surface area contributed by atoms with Gasteiger partial charge in [-0.1, -0.05) is 60.7 Å². The van der Waals surface area contributed by atoms with Gasteiger partial charge in [0, 0.05) is 6.42 Å². The van der Waals surface area contributed by atoms with Gasteiger partial charge in [-0.3, -0.25) is 9.59 Å². The third-order valence-corrected chi connectivity index (χ3v) is 3.95. The SMILES string of the molecule is NC(=O)C(Cc1ccccc1)NC(=O)C(CO)NC(=O)OCc1ccccc1. The van der Waals surface area contributed by atoms with Crippen molar-refractivity contribution in [3.63, 3.8) is 0 Å². The third-order valence-electron chi connectivity index (χ3n) is 3.95. The van der Waals surface area contributed by atoms with Crippen LogP contribution in [0.1, 0.15) is 11.1 Å². The predicted molar refractivity (Wildman–Crippen MR) is 102 cm³/mol. The highest BCUT2D eigenvalue weighted by Gasteiger charge is 2.25. The van der Waals surface area contributed by atoms with Gasteiger partial charge in [0.1, 0.15) is 18.7 Å². The number of hydrogen-bond acceptors (Lipinski definition) is 5. The number of ether oxygens (including phenoxy) is 1. The van der Waals surface area contributed by atoms with E-state index in [1.807, 2.05) is 12.1 Å². The van der Waals surface area contributed by atoms with Gasteiger partial charge in [-0.2, -0.15) is 0 Å². The average Bonchev–Trinajstić information content (AvgIpc) is 2.71. The van der Waals surface area contributed by atoms with Crippen molar-refractivity contribution in [3.05, 3.63) is 71.8 Å².